The van der Waals surface area contributed by atoms with E-state index in [-0.39, 0.29) is 16.6 Å². The minimum atomic E-state index is -4.85. The molecule has 0 bridgehead atoms. The minimum Gasteiger partial charge on any atom is -0.476 e. The topological polar surface area (TPSA) is 89.5 Å². The van der Waals surface area contributed by atoms with E-state index in [1.807, 2.05) is 0 Å². The number of aromatic nitrogens is 1. The van der Waals surface area contributed by atoms with Crippen molar-refractivity contribution in [1.82, 2.24) is 10.3 Å². The number of nitrogens with zero attached hydrogens (tertiary/aromatic N) is 1. The third kappa shape index (κ3) is 5.97. The zero-order valence-electron chi connectivity index (χ0n) is 15.5. The number of halogens is 3. The van der Waals surface area contributed by atoms with Gasteiger partial charge in [-0.3, -0.25) is 4.72 Å². The second kappa shape index (κ2) is 8.46. The van der Waals surface area contributed by atoms with Crippen molar-refractivity contribution in [3.63, 3.8) is 0 Å². The smallest absolute Gasteiger partial charge is 0.476 e. The largest absolute Gasteiger partial charge is 0.573 e. The molecule has 0 spiro atoms. The van der Waals surface area contributed by atoms with E-state index in [4.69, 9.17) is 4.74 Å². The van der Waals surface area contributed by atoms with Gasteiger partial charge in [-0.1, -0.05) is 0 Å². The average Bonchev–Trinajstić information content (AvgIpc) is 3.15. The Bertz CT molecular complexity index is 944. The number of ether oxygens (including phenoxy) is 2. The number of pyridine rings is 1. The summed E-state index contributed by atoms with van der Waals surface area (Å²) in [5.41, 5.74) is 0.648. The minimum absolute atomic E-state index is 0.209. The maximum Gasteiger partial charge on any atom is 0.573 e. The molecule has 0 radical (unpaired) electrons. The highest BCUT2D eigenvalue weighted by molar-refractivity contribution is 7.92. The Hall–Kier alpha value is -2.53. The summed E-state index contributed by atoms with van der Waals surface area (Å²) in [6, 6.07) is 7.27. The first-order chi connectivity index (χ1) is 13.6. The van der Waals surface area contributed by atoms with Gasteiger partial charge in [0.2, 0.25) is 5.88 Å². The number of alkyl halides is 3. The number of benzene rings is 1. The Balaban J connectivity index is 1.66. The summed E-state index contributed by atoms with van der Waals surface area (Å²) >= 11 is 0. The highest BCUT2D eigenvalue weighted by atomic mass is 32.2. The summed E-state index contributed by atoms with van der Waals surface area (Å²) in [6.45, 7) is 3.06. The fourth-order valence-electron chi connectivity index (χ4n) is 2.84. The first-order valence-corrected chi connectivity index (χ1v) is 10.3. The molecule has 11 heteroatoms. The molecule has 3 rings (SSSR count). The molecule has 1 unspecified atom stereocenters. The Labute approximate surface area is 166 Å². The van der Waals surface area contributed by atoms with Crippen molar-refractivity contribution in [2.45, 2.75) is 37.1 Å². The zero-order chi connectivity index (χ0) is 21.1. The highest BCUT2D eigenvalue weighted by Crippen LogP contribution is 2.26. The number of nitrogens with one attached hydrogen (secondary N) is 2. The summed E-state index contributed by atoms with van der Waals surface area (Å²) in [7, 11) is -4.01. The molecule has 1 aliphatic rings. The van der Waals surface area contributed by atoms with Crippen LogP contribution in [0.15, 0.2) is 41.3 Å². The molecule has 7 nitrogen and oxygen atoms in total. The van der Waals surface area contributed by atoms with Gasteiger partial charge >= 0.3 is 6.36 Å². The second-order valence-corrected chi connectivity index (χ2v) is 8.19. The van der Waals surface area contributed by atoms with Crippen molar-refractivity contribution < 1.29 is 31.1 Å². The zero-order valence-corrected chi connectivity index (χ0v) is 16.3. The molecule has 0 aliphatic carbocycles. The lowest BCUT2D eigenvalue weighted by Crippen LogP contribution is -2.28. The molecule has 1 saturated heterocycles. The van der Waals surface area contributed by atoms with Crippen LogP contribution >= 0.6 is 0 Å². The molecule has 0 saturated carbocycles. The molecule has 1 aliphatic heterocycles. The molecule has 2 aromatic rings. The van der Waals surface area contributed by atoms with E-state index in [9.17, 15) is 21.6 Å². The molecule has 1 fully saturated rings. The van der Waals surface area contributed by atoms with Crippen molar-refractivity contribution >= 4 is 15.7 Å². The Kier molecular flexibility index (Phi) is 6.18. The van der Waals surface area contributed by atoms with Gasteiger partial charge in [0.25, 0.3) is 10.0 Å². The van der Waals surface area contributed by atoms with Gasteiger partial charge < -0.3 is 14.8 Å². The lowest BCUT2D eigenvalue weighted by atomic mass is 10.2. The summed E-state index contributed by atoms with van der Waals surface area (Å²) < 4.78 is 73.4. The van der Waals surface area contributed by atoms with Crippen LogP contribution in [-0.2, 0) is 10.0 Å². The molecular formula is C18H20F3N3O4S. The van der Waals surface area contributed by atoms with Crippen molar-refractivity contribution in [3.8, 4) is 11.6 Å². The molecule has 1 atom stereocenters. The van der Waals surface area contributed by atoms with Crippen molar-refractivity contribution in [2.24, 2.45) is 0 Å². The van der Waals surface area contributed by atoms with E-state index in [0.29, 0.717) is 18.2 Å². The maximum atomic E-state index is 12.5. The predicted octanol–water partition coefficient (Wildman–Crippen LogP) is 3.22. The quantitative estimate of drug-likeness (QED) is 0.700. The first-order valence-electron chi connectivity index (χ1n) is 8.85. The molecule has 2 heterocycles. The van der Waals surface area contributed by atoms with Crippen LogP contribution in [0.4, 0.5) is 18.9 Å². The van der Waals surface area contributed by atoms with Crippen LogP contribution in [0.3, 0.4) is 0 Å². The number of sulfonamides is 1. The van der Waals surface area contributed by atoms with Crippen molar-refractivity contribution in [2.75, 3.05) is 17.9 Å². The lowest BCUT2D eigenvalue weighted by Gasteiger charge is -2.14. The van der Waals surface area contributed by atoms with E-state index in [1.54, 1.807) is 13.0 Å². The van der Waals surface area contributed by atoms with Crippen LogP contribution in [0.25, 0.3) is 0 Å². The van der Waals surface area contributed by atoms with Gasteiger partial charge in [-0.25, -0.2) is 13.4 Å². The van der Waals surface area contributed by atoms with Crippen LogP contribution in [-0.4, -0.2) is 39.0 Å². The normalized spacial score (nSPS) is 17.2. The number of aryl methyl sites for hydroxylation is 1. The Morgan fingerprint density at radius 1 is 1.21 bits per heavy atom. The van der Waals surface area contributed by atoms with Gasteiger partial charge in [-0.05, 0) is 56.6 Å². The summed E-state index contributed by atoms with van der Waals surface area (Å²) in [5.74, 6) is -0.125. The molecule has 1 aromatic heterocycles. The van der Waals surface area contributed by atoms with Gasteiger partial charge in [0.1, 0.15) is 12.4 Å². The summed E-state index contributed by atoms with van der Waals surface area (Å²) in [6.07, 6.45) is -2.72. The van der Waals surface area contributed by atoms with E-state index in [1.165, 1.54) is 6.07 Å². The first kappa shape index (κ1) is 21.2. The predicted molar refractivity (Wildman–Crippen MR) is 99.4 cm³/mol. The van der Waals surface area contributed by atoms with Crippen LogP contribution in [0.1, 0.15) is 18.5 Å². The summed E-state index contributed by atoms with van der Waals surface area (Å²) in [5, 5.41) is 3.30. The van der Waals surface area contributed by atoms with Gasteiger partial charge in [-0.15, -0.1) is 13.2 Å². The summed E-state index contributed by atoms with van der Waals surface area (Å²) in [4.78, 5) is 4.04. The van der Waals surface area contributed by atoms with Gasteiger partial charge in [0, 0.05) is 12.1 Å². The van der Waals surface area contributed by atoms with Crippen LogP contribution < -0.4 is 19.5 Å². The SMILES string of the molecule is Cc1nc(OCC2CCCN2)ccc1NS(=O)(=O)c1ccc(OC(F)(F)F)cc1. The average molecular weight is 431 g/mol. The Morgan fingerprint density at radius 3 is 2.52 bits per heavy atom. The standard InChI is InChI=1S/C18H20F3N3O4S/c1-12-16(8-9-17(23-12)27-11-13-3-2-10-22-13)24-29(25,26)15-6-4-14(5-7-15)28-18(19,20)21/h4-9,13,22,24H,2-3,10-11H2,1H3. The van der Waals surface area contributed by atoms with Gasteiger partial charge in [0.15, 0.2) is 0 Å². The third-order valence-corrected chi connectivity index (χ3v) is 5.65. The van der Waals surface area contributed by atoms with Crippen LogP contribution in [0.2, 0.25) is 0 Å². The number of hydrogen-bond acceptors (Lipinski definition) is 6. The van der Waals surface area contributed by atoms with E-state index in [0.717, 1.165) is 43.7 Å². The molecule has 1 aromatic carbocycles. The van der Waals surface area contributed by atoms with E-state index >= 15 is 0 Å². The fraction of sp³-hybridized carbons (Fsp3) is 0.389. The number of hydrogen-bond donors (Lipinski definition) is 2. The number of rotatable bonds is 7. The fourth-order valence-corrected chi connectivity index (χ4v) is 3.95. The molecular weight excluding hydrogens is 411 g/mol. The van der Waals surface area contributed by atoms with E-state index < -0.39 is 22.1 Å². The van der Waals surface area contributed by atoms with Gasteiger partial charge in [-0.2, -0.15) is 0 Å². The Morgan fingerprint density at radius 2 is 1.93 bits per heavy atom. The third-order valence-electron chi connectivity index (χ3n) is 4.27. The molecule has 158 valence electrons. The molecule has 29 heavy (non-hydrogen) atoms. The second-order valence-electron chi connectivity index (χ2n) is 6.51. The maximum absolute atomic E-state index is 12.5. The molecule has 0 amide bonds. The monoisotopic (exact) mass is 431 g/mol. The van der Waals surface area contributed by atoms with Crippen molar-refractivity contribution in [3.05, 3.63) is 42.1 Å². The van der Waals surface area contributed by atoms with Gasteiger partial charge in [0.05, 0.1) is 16.3 Å². The van der Waals surface area contributed by atoms with Crippen LogP contribution in [0.5, 0.6) is 11.6 Å². The highest BCUT2D eigenvalue weighted by Gasteiger charge is 2.31. The van der Waals surface area contributed by atoms with Crippen LogP contribution in [0, 0.1) is 6.92 Å². The van der Waals surface area contributed by atoms with E-state index in [2.05, 4.69) is 19.8 Å². The number of anilines is 1. The lowest BCUT2D eigenvalue weighted by molar-refractivity contribution is -0.274. The van der Waals surface area contributed by atoms with Crippen molar-refractivity contribution in [1.29, 1.82) is 0 Å². The molecule has 2 N–H and O–H groups in total.